The first-order valence-electron chi connectivity index (χ1n) is 8.01. The summed E-state index contributed by atoms with van der Waals surface area (Å²) in [7, 11) is 3.94. The molecule has 0 amide bonds. The summed E-state index contributed by atoms with van der Waals surface area (Å²) in [6, 6.07) is 7.66. The molecule has 1 heterocycles. The molecule has 2 unspecified atom stereocenters. The molecular weight excluding hydrogens is 262 g/mol. The third-order valence-corrected chi connectivity index (χ3v) is 5.09. The van der Waals surface area contributed by atoms with Crippen molar-refractivity contribution in [3.63, 3.8) is 0 Å². The van der Waals surface area contributed by atoms with E-state index in [1.54, 1.807) is 7.11 Å². The van der Waals surface area contributed by atoms with Gasteiger partial charge in [0.2, 0.25) is 0 Å². The zero-order valence-electron chi connectivity index (χ0n) is 13.2. The monoisotopic (exact) mass is 289 g/mol. The van der Waals surface area contributed by atoms with Crippen molar-refractivity contribution in [2.45, 2.75) is 31.3 Å². The molecule has 1 aliphatic heterocycles. The van der Waals surface area contributed by atoms with E-state index in [4.69, 9.17) is 10.5 Å². The van der Waals surface area contributed by atoms with Crippen LogP contribution in [0.15, 0.2) is 18.2 Å². The number of piperazine rings is 1. The van der Waals surface area contributed by atoms with E-state index in [-0.39, 0.29) is 0 Å². The summed E-state index contributed by atoms with van der Waals surface area (Å²) in [5.74, 6) is 0.975. The third kappa shape index (κ3) is 3.07. The minimum absolute atomic E-state index is 0.501. The van der Waals surface area contributed by atoms with Crippen LogP contribution >= 0.6 is 0 Å². The van der Waals surface area contributed by atoms with Gasteiger partial charge in [0, 0.05) is 38.3 Å². The fraction of sp³-hybridized carbons (Fsp3) is 0.647. The summed E-state index contributed by atoms with van der Waals surface area (Å²) in [4.78, 5) is 5.05. The lowest BCUT2D eigenvalue weighted by Gasteiger charge is -2.45. The highest BCUT2D eigenvalue weighted by molar-refractivity contribution is 5.38. The van der Waals surface area contributed by atoms with E-state index in [0.717, 1.165) is 38.3 Å². The predicted molar refractivity (Wildman–Crippen MR) is 85.9 cm³/mol. The van der Waals surface area contributed by atoms with Gasteiger partial charge in [-0.1, -0.05) is 6.07 Å². The first-order chi connectivity index (χ1) is 10.2. The van der Waals surface area contributed by atoms with Crippen LogP contribution in [-0.4, -0.2) is 62.2 Å². The normalized spacial score (nSPS) is 27.4. The first kappa shape index (κ1) is 14.8. The minimum Gasteiger partial charge on any atom is -0.497 e. The second kappa shape index (κ2) is 6.34. The fourth-order valence-corrected chi connectivity index (χ4v) is 3.84. The van der Waals surface area contributed by atoms with Gasteiger partial charge in [0.25, 0.3) is 0 Å². The lowest BCUT2D eigenvalue weighted by molar-refractivity contribution is 0.0505. The second-order valence-electron chi connectivity index (χ2n) is 6.42. The van der Waals surface area contributed by atoms with Gasteiger partial charge < -0.3 is 15.4 Å². The smallest absolute Gasteiger partial charge is 0.119 e. The molecule has 4 nitrogen and oxygen atoms in total. The Balaban J connectivity index is 1.75. The third-order valence-electron chi connectivity index (χ3n) is 5.09. The number of nitrogens with two attached hydrogens (primary N) is 1. The van der Waals surface area contributed by atoms with Crippen LogP contribution in [0.1, 0.15) is 17.5 Å². The van der Waals surface area contributed by atoms with Gasteiger partial charge in [-0.3, -0.25) is 4.90 Å². The molecule has 21 heavy (non-hydrogen) atoms. The Kier molecular flexibility index (Phi) is 4.48. The zero-order chi connectivity index (χ0) is 14.8. The topological polar surface area (TPSA) is 41.7 Å². The van der Waals surface area contributed by atoms with Crippen LogP contribution in [0.5, 0.6) is 5.75 Å². The first-order valence-corrected chi connectivity index (χ1v) is 8.01. The molecule has 0 saturated carbocycles. The van der Waals surface area contributed by atoms with Crippen molar-refractivity contribution >= 4 is 0 Å². The fourth-order valence-electron chi connectivity index (χ4n) is 3.84. The van der Waals surface area contributed by atoms with Gasteiger partial charge in [-0.25, -0.2) is 0 Å². The van der Waals surface area contributed by atoms with Gasteiger partial charge in [-0.2, -0.15) is 0 Å². The molecule has 1 aromatic rings. The molecule has 2 aliphatic rings. The minimum atomic E-state index is 0.501. The number of rotatable bonds is 3. The summed E-state index contributed by atoms with van der Waals surface area (Å²) in [6.45, 7) is 4.14. The van der Waals surface area contributed by atoms with Gasteiger partial charge in [-0.15, -0.1) is 0 Å². The second-order valence-corrected chi connectivity index (χ2v) is 6.42. The lowest BCUT2D eigenvalue weighted by atomic mass is 9.86. The number of ether oxygens (including phenoxy) is 1. The number of hydrogen-bond donors (Lipinski definition) is 1. The van der Waals surface area contributed by atoms with Crippen molar-refractivity contribution in [3.8, 4) is 5.75 Å². The van der Waals surface area contributed by atoms with Crippen molar-refractivity contribution in [1.29, 1.82) is 0 Å². The quantitative estimate of drug-likeness (QED) is 0.906. The Labute approximate surface area is 127 Å². The van der Waals surface area contributed by atoms with Gasteiger partial charge in [0.05, 0.1) is 7.11 Å². The maximum absolute atomic E-state index is 6.01. The zero-order valence-corrected chi connectivity index (χ0v) is 13.2. The highest BCUT2D eigenvalue weighted by atomic mass is 16.5. The Morgan fingerprint density at radius 3 is 2.90 bits per heavy atom. The Hall–Kier alpha value is -1.10. The highest BCUT2D eigenvalue weighted by Gasteiger charge is 2.32. The molecule has 3 rings (SSSR count). The number of likely N-dealkylation sites (N-methyl/N-ethyl adjacent to an activating group) is 1. The van der Waals surface area contributed by atoms with E-state index >= 15 is 0 Å². The largest absolute Gasteiger partial charge is 0.497 e. The van der Waals surface area contributed by atoms with E-state index < -0.39 is 0 Å². The average molecular weight is 289 g/mol. The van der Waals surface area contributed by atoms with E-state index in [1.807, 2.05) is 0 Å². The van der Waals surface area contributed by atoms with Crippen LogP contribution in [0.3, 0.4) is 0 Å². The van der Waals surface area contributed by atoms with Gasteiger partial charge in [0.15, 0.2) is 0 Å². The van der Waals surface area contributed by atoms with Crippen LogP contribution in [0.4, 0.5) is 0 Å². The molecule has 0 aromatic heterocycles. The number of methoxy groups -OCH3 is 1. The number of hydrogen-bond acceptors (Lipinski definition) is 4. The maximum atomic E-state index is 6.01. The van der Waals surface area contributed by atoms with Crippen LogP contribution < -0.4 is 10.5 Å². The number of nitrogens with zero attached hydrogens (tertiary/aromatic N) is 2. The van der Waals surface area contributed by atoms with Gasteiger partial charge in [-0.05, 0) is 49.6 Å². The SMILES string of the molecule is COc1ccc2c(c1)CC(N1CCN(C)CC1CN)CC2. The van der Waals surface area contributed by atoms with Crippen molar-refractivity contribution < 1.29 is 4.74 Å². The lowest BCUT2D eigenvalue weighted by Crippen LogP contribution is -2.59. The van der Waals surface area contributed by atoms with Crippen molar-refractivity contribution in [1.82, 2.24) is 9.80 Å². The number of benzene rings is 1. The van der Waals surface area contributed by atoms with Crippen molar-refractivity contribution in [3.05, 3.63) is 29.3 Å². The van der Waals surface area contributed by atoms with Crippen LogP contribution in [0.2, 0.25) is 0 Å². The molecule has 0 radical (unpaired) electrons. The van der Waals surface area contributed by atoms with Crippen molar-refractivity contribution in [2.24, 2.45) is 5.73 Å². The summed E-state index contributed by atoms with van der Waals surface area (Å²) < 4.78 is 5.38. The molecule has 0 spiro atoms. The molecule has 4 heteroatoms. The summed E-state index contributed by atoms with van der Waals surface area (Å²) in [5, 5.41) is 0. The number of aryl methyl sites for hydroxylation is 1. The molecule has 0 bridgehead atoms. The molecular formula is C17H27N3O. The standard InChI is InChI=1S/C17H27N3O/c1-19-7-8-20(16(11-18)12-19)15-5-3-13-4-6-17(21-2)10-14(13)9-15/h4,6,10,15-16H,3,5,7-9,11-12,18H2,1-2H3. The molecule has 1 fully saturated rings. The molecule has 1 saturated heterocycles. The summed E-state index contributed by atoms with van der Waals surface area (Å²) >= 11 is 0. The van der Waals surface area contributed by atoms with E-state index in [2.05, 4.69) is 35.0 Å². The van der Waals surface area contributed by atoms with E-state index in [1.165, 1.54) is 24.0 Å². The Morgan fingerprint density at radius 2 is 2.14 bits per heavy atom. The molecule has 1 aliphatic carbocycles. The van der Waals surface area contributed by atoms with E-state index in [9.17, 15) is 0 Å². The van der Waals surface area contributed by atoms with Crippen LogP contribution in [0.25, 0.3) is 0 Å². The summed E-state index contributed by atoms with van der Waals surface area (Å²) in [6.07, 6.45) is 3.56. The predicted octanol–water partition coefficient (Wildman–Crippen LogP) is 1.13. The molecule has 1 aromatic carbocycles. The highest BCUT2D eigenvalue weighted by Crippen LogP contribution is 2.29. The molecule has 116 valence electrons. The Bertz CT molecular complexity index is 491. The molecule has 2 N–H and O–H groups in total. The van der Waals surface area contributed by atoms with Gasteiger partial charge >= 0.3 is 0 Å². The average Bonchev–Trinajstić information content (AvgIpc) is 2.53. The van der Waals surface area contributed by atoms with Gasteiger partial charge in [0.1, 0.15) is 5.75 Å². The van der Waals surface area contributed by atoms with Crippen molar-refractivity contribution in [2.75, 3.05) is 40.3 Å². The van der Waals surface area contributed by atoms with E-state index in [0.29, 0.717) is 12.1 Å². The van der Waals surface area contributed by atoms with Crippen LogP contribution in [-0.2, 0) is 12.8 Å². The van der Waals surface area contributed by atoms with Crippen LogP contribution in [0, 0.1) is 0 Å². The number of fused-ring (bicyclic) bond motifs is 1. The Morgan fingerprint density at radius 1 is 1.29 bits per heavy atom. The molecule has 2 atom stereocenters. The summed E-state index contributed by atoms with van der Waals surface area (Å²) in [5.41, 5.74) is 8.96. The maximum Gasteiger partial charge on any atom is 0.119 e.